The zero-order chi connectivity index (χ0) is 18.9. The van der Waals surface area contributed by atoms with Crippen molar-refractivity contribution < 1.29 is 14.4 Å². The first-order chi connectivity index (χ1) is 11.1. The molecule has 0 radical (unpaired) electrons. The molecule has 0 saturated carbocycles. The van der Waals surface area contributed by atoms with Crippen LogP contribution in [0.15, 0.2) is 0 Å². The van der Waals surface area contributed by atoms with Crippen molar-refractivity contribution in [2.45, 2.75) is 80.2 Å². The molecular weight excluding hydrogens is 302 g/mol. The van der Waals surface area contributed by atoms with E-state index < -0.39 is 6.04 Å². The van der Waals surface area contributed by atoms with E-state index in [9.17, 15) is 14.4 Å². The molecule has 4 nitrogen and oxygen atoms in total. The normalized spacial score (nSPS) is 15.4. The third-order valence-electron chi connectivity index (χ3n) is 4.17. The molecule has 4 heteroatoms. The van der Waals surface area contributed by atoms with Crippen molar-refractivity contribution in [3.63, 3.8) is 0 Å². The zero-order valence-electron chi connectivity index (χ0n) is 16.6. The van der Waals surface area contributed by atoms with Gasteiger partial charge in [-0.3, -0.25) is 9.59 Å². The van der Waals surface area contributed by atoms with Crippen LogP contribution in [0, 0.1) is 29.6 Å². The second kappa shape index (κ2) is 11.4. The average Bonchev–Trinajstić information content (AvgIpc) is 2.43. The van der Waals surface area contributed by atoms with Gasteiger partial charge >= 0.3 is 0 Å². The largest absolute Gasteiger partial charge is 0.346 e. The summed E-state index contributed by atoms with van der Waals surface area (Å²) < 4.78 is 0. The predicted octanol–water partition coefficient (Wildman–Crippen LogP) is 4.02. The van der Waals surface area contributed by atoms with Gasteiger partial charge in [0, 0.05) is 18.3 Å². The van der Waals surface area contributed by atoms with E-state index in [2.05, 4.69) is 19.2 Å². The summed E-state index contributed by atoms with van der Waals surface area (Å²) in [5, 5.41) is 2.83. The molecule has 0 fully saturated rings. The van der Waals surface area contributed by atoms with Crippen molar-refractivity contribution in [3.05, 3.63) is 0 Å². The third kappa shape index (κ3) is 9.84. The summed E-state index contributed by atoms with van der Waals surface area (Å²) in [6.45, 7) is 14.3. The Labute approximate surface area is 148 Å². The van der Waals surface area contributed by atoms with Crippen molar-refractivity contribution in [1.29, 1.82) is 0 Å². The molecule has 0 aliphatic heterocycles. The van der Waals surface area contributed by atoms with Crippen molar-refractivity contribution >= 4 is 18.0 Å². The van der Waals surface area contributed by atoms with Crippen molar-refractivity contribution in [3.8, 4) is 0 Å². The van der Waals surface area contributed by atoms with Crippen LogP contribution in [-0.2, 0) is 14.4 Å². The number of carbonyl (C=O) groups excluding carboxylic acids is 3. The van der Waals surface area contributed by atoms with Gasteiger partial charge in [-0.25, -0.2) is 0 Å². The SMILES string of the molecule is CC(C)C[C@H](CC(=O)[C@@H](C)CC(C)C)C(=O)N[C@H](C=O)CC(C)C. The maximum atomic E-state index is 12.6. The Morgan fingerprint density at radius 3 is 1.75 bits per heavy atom. The van der Waals surface area contributed by atoms with Gasteiger partial charge in [0.05, 0.1) is 6.04 Å². The van der Waals surface area contributed by atoms with Gasteiger partial charge in [-0.05, 0) is 37.0 Å². The monoisotopic (exact) mass is 339 g/mol. The maximum absolute atomic E-state index is 12.6. The van der Waals surface area contributed by atoms with E-state index in [0.29, 0.717) is 30.6 Å². The van der Waals surface area contributed by atoms with Crippen LogP contribution in [-0.4, -0.2) is 24.0 Å². The second-order valence-corrected chi connectivity index (χ2v) is 8.41. The first-order valence-corrected chi connectivity index (χ1v) is 9.35. The number of carbonyl (C=O) groups is 3. The third-order valence-corrected chi connectivity index (χ3v) is 4.17. The van der Waals surface area contributed by atoms with Crippen molar-refractivity contribution in [2.24, 2.45) is 29.6 Å². The summed E-state index contributed by atoms with van der Waals surface area (Å²) >= 11 is 0. The number of amides is 1. The highest BCUT2D eigenvalue weighted by Crippen LogP contribution is 2.21. The fraction of sp³-hybridized carbons (Fsp3) is 0.850. The van der Waals surface area contributed by atoms with Crippen LogP contribution in [0.3, 0.4) is 0 Å². The van der Waals surface area contributed by atoms with E-state index in [1.165, 1.54) is 0 Å². The lowest BCUT2D eigenvalue weighted by Crippen LogP contribution is -2.41. The Hall–Kier alpha value is -1.19. The summed E-state index contributed by atoms with van der Waals surface area (Å²) in [4.78, 5) is 36.2. The standard InChI is InChI=1S/C20H37NO3/c1-13(2)8-16(7)19(23)11-17(9-14(3)4)20(24)21-18(12-22)10-15(5)6/h12-18H,8-11H2,1-7H3,(H,21,24)/t16-,17+,18-/m0/s1. The molecular formula is C20H37NO3. The molecule has 0 aliphatic rings. The molecule has 0 aromatic carbocycles. The first-order valence-electron chi connectivity index (χ1n) is 9.35. The Kier molecular flexibility index (Phi) is 10.8. The van der Waals surface area contributed by atoms with Crippen LogP contribution >= 0.6 is 0 Å². The topological polar surface area (TPSA) is 63.2 Å². The van der Waals surface area contributed by atoms with Gasteiger partial charge in [-0.2, -0.15) is 0 Å². The van der Waals surface area contributed by atoms with Gasteiger partial charge in [0.15, 0.2) is 0 Å². The summed E-state index contributed by atoms with van der Waals surface area (Å²) in [7, 11) is 0. The fourth-order valence-corrected chi connectivity index (χ4v) is 3.09. The molecule has 0 bridgehead atoms. The molecule has 0 saturated heterocycles. The predicted molar refractivity (Wildman–Crippen MR) is 98.6 cm³/mol. The number of hydrogen-bond acceptors (Lipinski definition) is 3. The van der Waals surface area contributed by atoms with Crippen molar-refractivity contribution in [1.82, 2.24) is 5.32 Å². The molecule has 0 heterocycles. The Balaban J connectivity index is 4.88. The van der Waals surface area contributed by atoms with Crippen molar-refractivity contribution in [2.75, 3.05) is 0 Å². The molecule has 0 aromatic rings. The molecule has 0 aromatic heterocycles. The van der Waals surface area contributed by atoms with E-state index in [1.807, 2.05) is 34.6 Å². The number of nitrogens with one attached hydrogen (secondary N) is 1. The Bertz CT molecular complexity index is 402. The minimum atomic E-state index is -0.463. The van der Waals surface area contributed by atoms with Gasteiger partial charge in [0.1, 0.15) is 12.1 Å². The van der Waals surface area contributed by atoms with E-state index >= 15 is 0 Å². The number of aldehydes is 1. The van der Waals surface area contributed by atoms with Gasteiger partial charge in [-0.15, -0.1) is 0 Å². The van der Waals surface area contributed by atoms with Gasteiger partial charge in [-0.1, -0.05) is 48.5 Å². The lowest BCUT2D eigenvalue weighted by Gasteiger charge is -2.23. The van der Waals surface area contributed by atoms with E-state index in [0.717, 1.165) is 12.7 Å². The summed E-state index contributed by atoms with van der Waals surface area (Å²) in [6, 6.07) is -0.463. The molecule has 0 spiro atoms. The Morgan fingerprint density at radius 2 is 1.33 bits per heavy atom. The number of Topliss-reactive ketones (excluding diaryl/α,β-unsaturated/α-hetero) is 1. The molecule has 3 atom stereocenters. The Morgan fingerprint density at radius 1 is 0.833 bits per heavy atom. The van der Waals surface area contributed by atoms with E-state index in [1.54, 1.807) is 0 Å². The van der Waals surface area contributed by atoms with Gasteiger partial charge < -0.3 is 10.1 Å². The lowest BCUT2D eigenvalue weighted by molar-refractivity contribution is -0.132. The van der Waals surface area contributed by atoms with Crippen LogP contribution in [0.2, 0.25) is 0 Å². The fourth-order valence-electron chi connectivity index (χ4n) is 3.09. The summed E-state index contributed by atoms with van der Waals surface area (Å²) in [5.41, 5.74) is 0. The number of hydrogen-bond donors (Lipinski definition) is 1. The van der Waals surface area contributed by atoms with E-state index in [-0.39, 0.29) is 29.9 Å². The minimum Gasteiger partial charge on any atom is -0.346 e. The highest BCUT2D eigenvalue weighted by Gasteiger charge is 2.27. The smallest absolute Gasteiger partial charge is 0.224 e. The van der Waals surface area contributed by atoms with Crippen LogP contribution < -0.4 is 5.32 Å². The lowest BCUT2D eigenvalue weighted by atomic mass is 9.85. The molecule has 0 aliphatic carbocycles. The van der Waals surface area contributed by atoms with E-state index in [4.69, 9.17) is 0 Å². The summed E-state index contributed by atoms with van der Waals surface area (Å²) in [5.74, 6) is 0.742. The molecule has 1 N–H and O–H groups in total. The summed E-state index contributed by atoms with van der Waals surface area (Å²) in [6.07, 6.45) is 3.21. The second-order valence-electron chi connectivity index (χ2n) is 8.41. The van der Waals surface area contributed by atoms with Gasteiger partial charge in [0.2, 0.25) is 5.91 Å². The maximum Gasteiger partial charge on any atom is 0.224 e. The van der Waals surface area contributed by atoms with Crippen LogP contribution in [0.5, 0.6) is 0 Å². The number of ketones is 1. The zero-order valence-corrected chi connectivity index (χ0v) is 16.6. The molecule has 0 unspecified atom stereocenters. The molecule has 140 valence electrons. The molecule has 24 heavy (non-hydrogen) atoms. The van der Waals surface area contributed by atoms with Crippen LogP contribution in [0.4, 0.5) is 0 Å². The average molecular weight is 340 g/mol. The molecule has 0 rings (SSSR count). The first kappa shape index (κ1) is 22.8. The van der Waals surface area contributed by atoms with Crippen LogP contribution in [0.1, 0.15) is 74.1 Å². The van der Waals surface area contributed by atoms with Crippen LogP contribution in [0.25, 0.3) is 0 Å². The quantitative estimate of drug-likeness (QED) is 0.546. The minimum absolute atomic E-state index is 0.0232. The number of rotatable bonds is 12. The highest BCUT2D eigenvalue weighted by molar-refractivity contribution is 5.89. The molecule has 1 amide bonds. The highest BCUT2D eigenvalue weighted by atomic mass is 16.2. The van der Waals surface area contributed by atoms with Gasteiger partial charge in [0.25, 0.3) is 0 Å².